The third kappa shape index (κ3) is 8.44. The zero-order chi connectivity index (χ0) is 20.9. The molecule has 0 aromatic heterocycles. The van der Waals surface area contributed by atoms with E-state index in [2.05, 4.69) is 21.3 Å². The highest BCUT2D eigenvalue weighted by atomic mass is 16.5. The number of hydrogen-bond donors (Lipinski definition) is 4. The summed E-state index contributed by atoms with van der Waals surface area (Å²) in [5.41, 5.74) is 0. The minimum atomic E-state index is -0.518. The molecule has 1 fully saturated rings. The van der Waals surface area contributed by atoms with E-state index in [-0.39, 0.29) is 81.4 Å². The molecule has 0 bridgehead atoms. The Morgan fingerprint density at radius 2 is 1.54 bits per heavy atom. The van der Waals surface area contributed by atoms with Gasteiger partial charge in [0.25, 0.3) is 0 Å². The molecule has 0 spiro atoms. The number of amides is 5. The Hall–Kier alpha value is -2.53. The first-order valence-electron chi connectivity index (χ1n) is 9.19. The Morgan fingerprint density at radius 3 is 2.11 bits per heavy atom. The van der Waals surface area contributed by atoms with Crippen LogP contribution in [0.15, 0.2) is 0 Å². The number of hydrogen-bond acceptors (Lipinski definition) is 7. The summed E-state index contributed by atoms with van der Waals surface area (Å²) >= 11 is 0. The van der Waals surface area contributed by atoms with Gasteiger partial charge in [0.05, 0.1) is 19.1 Å². The van der Waals surface area contributed by atoms with Gasteiger partial charge in [0.1, 0.15) is 0 Å². The lowest BCUT2D eigenvalue weighted by Crippen LogP contribution is -2.40. The predicted molar refractivity (Wildman–Crippen MR) is 98.9 cm³/mol. The van der Waals surface area contributed by atoms with Crippen molar-refractivity contribution in [3.05, 3.63) is 0 Å². The topological polar surface area (TPSA) is 146 Å². The van der Waals surface area contributed by atoms with Gasteiger partial charge in [-0.1, -0.05) is 0 Å². The highest BCUT2D eigenvalue weighted by Crippen LogP contribution is 2.12. The minimum Gasteiger partial charge on any atom is -0.384 e. The Morgan fingerprint density at radius 1 is 0.964 bits per heavy atom. The molecule has 0 radical (unpaired) electrons. The van der Waals surface area contributed by atoms with Crippen LogP contribution in [0.4, 0.5) is 0 Å². The summed E-state index contributed by atoms with van der Waals surface area (Å²) in [7, 11) is 3.11. The lowest BCUT2D eigenvalue weighted by atomic mass is 10.2. The molecule has 1 unspecified atom stereocenters. The first-order valence-corrected chi connectivity index (χ1v) is 9.19. The number of nitrogens with zero attached hydrogens (tertiary/aromatic N) is 1. The SMILES string of the molecule is CNC1CC(=O)N(CCC(=O)NCCNC(=O)CCNC(=O)CCOC)C1=O. The van der Waals surface area contributed by atoms with Crippen LogP contribution in [0.2, 0.25) is 0 Å². The molecule has 1 rings (SSSR count). The maximum absolute atomic E-state index is 11.9. The number of methoxy groups -OCH3 is 1. The molecule has 4 N–H and O–H groups in total. The van der Waals surface area contributed by atoms with Crippen molar-refractivity contribution < 1.29 is 28.7 Å². The van der Waals surface area contributed by atoms with Gasteiger partial charge in [0.15, 0.2) is 0 Å². The van der Waals surface area contributed by atoms with Crippen molar-refractivity contribution in [1.29, 1.82) is 0 Å². The van der Waals surface area contributed by atoms with E-state index >= 15 is 0 Å². The number of likely N-dealkylation sites (N-methyl/N-ethyl adjacent to an activating group) is 1. The van der Waals surface area contributed by atoms with Gasteiger partial charge < -0.3 is 26.0 Å². The van der Waals surface area contributed by atoms with E-state index < -0.39 is 6.04 Å². The van der Waals surface area contributed by atoms with Crippen molar-refractivity contribution in [3.8, 4) is 0 Å². The van der Waals surface area contributed by atoms with Crippen LogP contribution in [0.1, 0.15) is 25.7 Å². The van der Waals surface area contributed by atoms with Gasteiger partial charge in [-0.15, -0.1) is 0 Å². The molecule has 11 heteroatoms. The first kappa shape index (κ1) is 23.5. The molecule has 5 amide bonds. The summed E-state index contributed by atoms with van der Waals surface area (Å²) in [6.07, 6.45) is 0.498. The molecule has 0 aromatic carbocycles. The Bertz CT molecular complexity index is 582. The second-order valence-corrected chi connectivity index (χ2v) is 6.22. The van der Waals surface area contributed by atoms with E-state index in [0.717, 1.165) is 4.90 Å². The first-order chi connectivity index (χ1) is 13.4. The fraction of sp³-hybridized carbons (Fsp3) is 0.706. The number of carbonyl (C=O) groups is 5. The molecular formula is C17H29N5O6. The maximum atomic E-state index is 11.9. The molecule has 1 aliphatic heterocycles. The largest absolute Gasteiger partial charge is 0.384 e. The molecular weight excluding hydrogens is 370 g/mol. The summed E-state index contributed by atoms with van der Waals surface area (Å²) in [5, 5.41) is 10.6. The average Bonchev–Trinajstić information content (AvgIpc) is 2.94. The van der Waals surface area contributed by atoms with E-state index in [1.807, 2.05) is 0 Å². The molecule has 28 heavy (non-hydrogen) atoms. The van der Waals surface area contributed by atoms with E-state index in [4.69, 9.17) is 4.74 Å². The monoisotopic (exact) mass is 399 g/mol. The van der Waals surface area contributed by atoms with Gasteiger partial charge in [0, 0.05) is 52.6 Å². The van der Waals surface area contributed by atoms with Gasteiger partial charge in [-0.2, -0.15) is 0 Å². The third-order valence-corrected chi connectivity index (χ3v) is 4.13. The molecule has 1 saturated heterocycles. The van der Waals surface area contributed by atoms with Crippen molar-refractivity contribution >= 4 is 29.5 Å². The number of rotatable bonds is 13. The van der Waals surface area contributed by atoms with Crippen molar-refractivity contribution in [2.45, 2.75) is 31.7 Å². The van der Waals surface area contributed by atoms with Crippen LogP contribution in [-0.4, -0.2) is 87.4 Å². The third-order valence-electron chi connectivity index (χ3n) is 4.13. The maximum Gasteiger partial charge on any atom is 0.246 e. The molecule has 1 aliphatic rings. The lowest BCUT2D eigenvalue weighted by Gasteiger charge is -2.14. The quantitative estimate of drug-likeness (QED) is 0.198. The fourth-order valence-electron chi connectivity index (χ4n) is 2.54. The predicted octanol–water partition coefficient (Wildman–Crippen LogP) is -2.50. The van der Waals surface area contributed by atoms with Crippen LogP contribution >= 0.6 is 0 Å². The van der Waals surface area contributed by atoms with Gasteiger partial charge in [-0.25, -0.2) is 0 Å². The summed E-state index contributed by atoms with van der Waals surface area (Å²) in [4.78, 5) is 59.5. The summed E-state index contributed by atoms with van der Waals surface area (Å²) in [6.45, 7) is 1.06. The van der Waals surface area contributed by atoms with Crippen molar-refractivity contribution in [2.75, 3.05) is 46.9 Å². The van der Waals surface area contributed by atoms with Gasteiger partial charge >= 0.3 is 0 Å². The fourth-order valence-corrected chi connectivity index (χ4v) is 2.54. The van der Waals surface area contributed by atoms with Crippen LogP contribution in [-0.2, 0) is 28.7 Å². The lowest BCUT2D eigenvalue weighted by molar-refractivity contribution is -0.139. The normalized spacial score (nSPS) is 16.2. The Balaban J connectivity index is 2.08. The van der Waals surface area contributed by atoms with Gasteiger partial charge in [-0.05, 0) is 7.05 Å². The number of likely N-dealkylation sites (tertiary alicyclic amines) is 1. The number of ether oxygens (including phenoxy) is 1. The van der Waals surface area contributed by atoms with E-state index in [1.165, 1.54) is 7.11 Å². The van der Waals surface area contributed by atoms with E-state index in [1.54, 1.807) is 7.05 Å². The van der Waals surface area contributed by atoms with Gasteiger partial charge in [-0.3, -0.25) is 28.9 Å². The standard InChI is InChI=1S/C17H29N5O6/c1-18-12-11-16(26)22(17(12)27)9-4-14(24)21-8-7-20-13(23)3-6-19-15(25)5-10-28-2/h12,18H,3-11H2,1-2H3,(H,19,25)(H,20,23)(H,21,24). The zero-order valence-electron chi connectivity index (χ0n) is 16.3. The van der Waals surface area contributed by atoms with Crippen LogP contribution in [0, 0.1) is 0 Å². The second kappa shape index (κ2) is 12.8. The van der Waals surface area contributed by atoms with Crippen molar-refractivity contribution in [1.82, 2.24) is 26.2 Å². The molecule has 1 atom stereocenters. The average molecular weight is 399 g/mol. The van der Waals surface area contributed by atoms with E-state index in [0.29, 0.717) is 6.61 Å². The molecule has 0 aliphatic carbocycles. The summed E-state index contributed by atoms with van der Waals surface area (Å²) in [6, 6.07) is -0.518. The molecule has 1 heterocycles. The Labute approximate surface area is 163 Å². The van der Waals surface area contributed by atoms with Crippen LogP contribution in [0.25, 0.3) is 0 Å². The smallest absolute Gasteiger partial charge is 0.246 e. The van der Waals surface area contributed by atoms with Gasteiger partial charge in [0.2, 0.25) is 29.5 Å². The van der Waals surface area contributed by atoms with Crippen LogP contribution in [0.3, 0.4) is 0 Å². The summed E-state index contributed by atoms with van der Waals surface area (Å²) in [5.74, 6) is -1.35. The molecule has 0 saturated carbocycles. The van der Waals surface area contributed by atoms with Crippen LogP contribution in [0.5, 0.6) is 0 Å². The van der Waals surface area contributed by atoms with Crippen LogP contribution < -0.4 is 21.3 Å². The molecule has 0 aromatic rings. The van der Waals surface area contributed by atoms with Crippen molar-refractivity contribution in [3.63, 3.8) is 0 Å². The zero-order valence-corrected chi connectivity index (χ0v) is 16.3. The molecule has 11 nitrogen and oxygen atoms in total. The van der Waals surface area contributed by atoms with Crippen molar-refractivity contribution in [2.24, 2.45) is 0 Å². The number of carbonyl (C=O) groups excluding carboxylic acids is 5. The Kier molecular flexibility index (Phi) is 10.7. The number of imide groups is 1. The van der Waals surface area contributed by atoms with E-state index in [9.17, 15) is 24.0 Å². The highest BCUT2D eigenvalue weighted by molar-refractivity contribution is 6.05. The second-order valence-electron chi connectivity index (χ2n) is 6.22. The number of nitrogens with one attached hydrogen (secondary N) is 4. The minimum absolute atomic E-state index is 0.00929. The highest BCUT2D eigenvalue weighted by Gasteiger charge is 2.37. The summed E-state index contributed by atoms with van der Waals surface area (Å²) < 4.78 is 4.78. The molecule has 158 valence electrons.